The summed E-state index contributed by atoms with van der Waals surface area (Å²) in [6.45, 7) is 3.70. The molecule has 0 saturated carbocycles. The van der Waals surface area contributed by atoms with Gasteiger partial charge < -0.3 is 15.2 Å². The molecule has 0 aromatic heterocycles. The number of hydrogen-bond donors (Lipinski definition) is 2. The first-order valence-corrected chi connectivity index (χ1v) is 9.91. The van der Waals surface area contributed by atoms with Crippen LogP contribution in [0.1, 0.15) is 44.7 Å². The molecule has 158 valence electrons. The zero-order chi connectivity index (χ0) is 21.9. The van der Waals surface area contributed by atoms with Crippen molar-refractivity contribution < 1.29 is 24.2 Å². The fourth-order valence-electron chi connectivity index (χ4n) is 2.93. The average Bonchev–Trinajstić information content (AvgIpc) is 2.75. The summed E-state index contributed by atoms with van der Waals surface area (Å²) in [5, 5.41) is 11.7. The van der Waals surface area contributed by atoms with Crippen LogP contribution in [0.4, 0.5) is 0 Å². The van der Waals surface area contributed by atoms with Gasteiger partial charge in [0.05, 0.1) is 19.1 Å². The molecule has 0 aliphatic heterocycles. The third-order valence-electron chi connectivity index (χ3n) is 4.58. The smallest absolute Gasteiger partial charge is 0.333 e. The number of ether oxygens (including phenoxy) is 1. The van der Waals surface area contributed by atoms with E-state index < -0.39 is 11.9 Å². The zero-order valence-electron chi connectivity index (χ0n) is 17.3. The van der Waals surface area contributed by atoms with Gasteiger partial charge in [-0.2, -0.15) is 0 Å². The lowest BCUT2D eigenvalue weighted by atomic mass is 9.98. The fourth-order valence-corrected chi connectivity index (χ4v) is 2.93. The van der Waals surface area contributed by atoms with E-state index in [-0.39, 0.29) is 24.8 Å². The Morgan fingerprint density at radius 1 is 1.00 bits per heavy atom. The molecule has 1 amide bonds. The van der Waals surface area contributed by atoms with Crippen molar-refractivity contribution in [2.24, 2.45) is 0 Å². The second-order valence-corrected chi connectivity index (χ2v) is 6.85. The summed E-state index contributed by atoms with van der Waals surface area (Å²) in [6.07, 6.45) is 1.77. The summed E-state index contributed by atoms with van der Waals surface area (Å²) in [4.78, 5) is 34.8. The molecule has 2 aromatic rings. The second-order valence-electron chi connectivity index (χ2n) is 6.85. The molecular formula is C24H27NO5. The van der Waals surface area contributed by atoms with Crippen LogP contribution in [-0.2, 0) is 19.1 Å². The van der Waals surface area contributed by atoms with Crippen molar-refractivity contribution in [1.29, 1.82) is 0 Å². The van der Waals surface area contributed by atoms with Crippen LogP contribution >= 0.6 is 0 Å². The number of carbonyl (C=O) groups is 3. The third kappa shape index (κ3) is 7.20. The molecule has 0 aliphatic rings. The minimum Gasteiger partial charge on any atom is -0.481 e. The number of hydrogen-bond acceptors (Lipinski definition) is 4. The quantitative estimate of drug-likeness (QED) is 0.451. The van der Waals surface area contributed by atoms with Gasteiger partial charge in [0, 0.05) is 12.0 Å². The lowest BCUT2D eigenvalue weighted by Crippen LogP contribution is -2.28. The van der Waals surface area contributed by atoms with Crippen molar-refractivity contribution in [2.75, 3.05) is 6.61 Å². The number of carboxylic acids is 1. The molecule has 0 fully saturated rings. The topological polar surface area (TPSA) is 92.7 Å². The Kier molecular flexibility index (Phi) is 8.81. The van der Waals surface area contributed by atoms with E-state index in [0.717, 1.165) is 16.7 Å². The maximum Gasteiger partial charge on any atom is 0.333 e. The van der Waals surface area contributed by atoms with E-state index in [1.54, 1.807) is 19.9 Å². The number of benzene rings is 2. The van der Waals surface area contributed by atoms with E-state index >= 15 is 0 Å². The van der Waals surface area contributed by atoms with Crippen molar-refractivity contribution in [3.05, 3.63) is 71.8 Å². The van der Waals surface area contributed by atoms with Crippen LogP contribution in [0.5, 0.6) is 0 Å². The lowest BCUT2D eigenvalue weighted by molar-refractivity contribution is -0.139. The minimum atomic E-state index is -1.02. The first-order chi connectivity index (χ1) is 14.4. The van der Waals surface area contributed by atoms with Gasteiger partial charge in [0.15, 0.2) is 0 Å². The van der Waals surface area contributed by atoms with E-state index in [0.29, 0.717) is 18.6 Å². The number of nitrogens with one attached hydrogen (secondary N) is 1. The molecule has 2 aromatic carbocycles. The standard InChI is InChI=1S/C24H27NO5/c1-3-30-24(29)17(2)9-14-21(25-22(26)15-16-23(27)28)20-12-10-19(11-13-20)18-7-5-4-6-8-18/h4-13,21H,3,14-16H2,1-2H3,(H,25,26)(H,27,28)/b17-9+/t21-/m0/s1. The molecule has 1 atom stereocenters. The Morgan fingerprint density at radius 3 is 2.23 bits per heavy atom. The average molecular weight is 409 g/mol. The molecule has 2 N–H and O–H groups in total. The molecule has 0 saturated heterocycles. The second kappa shape index (κ2) is 11.6. The Morgan fingerprint density at radius 2 is 1.63 bits per heavy atom. The highest BCUT2D eigenvalue weighted by atomic mass is 16.5. The van der Waals surface area contributed by atoms with E-state index in [9.17, 15) is 14.4 Å². The molecule has 0 unspecified atom stereocenters. The monoisotopic (exact) mass is 409 g/mol. The van der Waals surface area contributed by atoms with Gasteiger partial charge in [-0.05, 0) is 37.0 Å². The van der Waals surface area contributed by atoms with E-state index in [4.69, 9.17) is 9.84 Å². The molecular weight excluding hydrogens is 382 g/mol. The van der Waals surface area contributed by atoms with Gasteiger partial charge >= 0.3 is 11.9 Å². The number of rotatable bonds is 10. The highest BCUT2D eigenvalue weighted by Crippen LogP contribution is 2.24. The molecule has 6 heteroatoms. The molecule has 30 heavy (non-hydrogen) atoms. The predicted molar refractivity (Wildman–Crippen MR) is 115 cm³/mol. The normalized spacial score (nSPS) is 12.1. The summed E-state index contributed by atoms with van der Waals surface area (Å²) >= 11 is 0. The third-order valence-corrected chi connectivity index (χ3v) is 4.58. The van der Waals surface area contributed by atoms with Crippen molar-refractivity contribution in [3.8, 4) is 11.1 Å². The summed E-state index contributed by atoms with van der Waals surface area (Å²) < 4.78 is 4.99. The van der Waals surface area contributed by atoms with E-state index in [2.05, 4.69) is 5.32 Å². The molecule has 6 nitrogen and oxygen atoms in total. The van der Waals surface area contributed by atoms with E-state index in [1.807, 2.05) is 54.6 Å². The molecule has 0 radical (unpaired) electrons. The SMILES string of the molecule is CCOC(=O)/C(C)=C/C[C@H](NC(=O)CCC(=O)O)c1ccc(-c2ccccc2)cc1. The van der Waals surface area contributed by atoms with Crippen molar-refractivity contribution in [2.45, 2.75) is 39.2 Å². The first-order valence-electron chi connectivity index (χ1n) is 9.91. The van der Waals surface area contributed by atoms with Crippen LogP contribution < -0.4 is 5.32 Å². The van der Waals surface area contributed by atoms with Crippen LogP contribution in [0.15, 0.2) is 66.2 Å². The van der Waals surface area contributed by atoms with Gasteiger partial charge in [-0.3, -0.25) is 9.59 Å². The van der Waals surface area contributed by atoms with Crippen LogP contribution in [0.2, 0.25) is 0 Å². The highest BCUT2D eigenvalue weighted by molar-refractivity contribution is 5.87. The van der Waals surface area contributed by atoms with Crippen molar-refractivity contribution in [3.63, 3.8) is 0 Å². The van der Waals surface area contributed by atoms with Crippen molar-refractivity contribution >= 4 is 17.8 Å². The summed E-state index contributed by atoms with van der Waals surface area (Å²) in [7, 11) is 0. The summed E-state index contributed by atoms with van der Waals surface area (Å²) in [6, 6.07) is 17.4. The van der Waals surface area contributed by atoms with E-state index in [1.165, 1.54) is 0 Å². The van der Waals surface area contributed by atoms with Crippen LogP contribution in [0.3, 0.4) is 0 Å². The molecule has 2 rings (SSSR count). The van der Waals surface area contributed by atoms with Gasteiger partial charge in [-0.15, -0.1) is 0 Å². The molecule has 0 spiro atoms. The predicted octanol–water partition coefficient (Wildman–Crippen LogP) is 4.28. The number of aliphatic carboxylic acids is 1. The van der Waals surface area contributed by atoms with Crippen LogP contribution in [0.25, 0.3) is 11.1 Å². The maximum absolute atomic E-state index is 12.2. The number of carbonyl (C=O) groups excluding carboxylic acids is 2. The Labute approximate surface area is 176 Å². The Hall–Kier alpha value is -3.41. The fraction of sp³-hybridized carbons (Fsp3) is 0.292. The van der Waals surface area contributed by atoms with Gasteiger partial charge in [0.1, 0.15) is 0 Å². The zero-order valence-corrected chi connectivity index (χ0v) is 17.3. The summed E-state index contributed by atoms with van der Waals surface area (Å²) in [5.74, 6) is -1.77. The van der Waals surface area contributed by atoms with Gasteiger partial charge in [0.2, 0.25) is 5.91 Å². The van der Waals surface area contributed by atoms with Crippen LogP contribution in [-0.4, -0.2) is 29.6 Å². The summed E-state index contributed by atoms with van der Waals surface area (Å²) in [5.41, 5.74) is 3.46. The minimum absolute atomic E-state index is 0.103. The molecule has 0 bridgehead atoms. The Balaban J connectivity index is 2.19. The Bertz CT molecular complexity index is 888. The highest BCUT2D eigenvalue weighted by Gasteiger charge is 2.16. The van der Waals surface area contributed by atoms with Crippen LogP contribution in [0, 0.1) is 0 Å². The number of carboxylic acid groups (broad SMARTS) is 1. The van der Waals surface area contributed by atoms with Crippen molar-refractivity contribution in [1.82, 2.24) is 5.32 Å². The maximum atomic E-state index is 12.2. The number of esters is 1. The van der Waals surface area contributed by atoms with Gasteiger partial charge in [0.25, 0.3) is 0 Å². The van der Waals surface area contributed by atoms with Gasteiger partial charge in [-0.25, -0.2) is 4.79 Å². The first kappa shape index (κ1) is 22.9. The largest absolute Gasteiger partial charge is 0.481 e. The number of amides is 1. The lowest BCUT2D eigenvalue weighted by Gasteiger charge is -2.19. The molecule has 0 aliphatic carbocycles. The molecule has 0 heterocycles. The van der Waals surface area contributed by atoms with Gasteiger partial charge in [-0.1, -0.05) is 60.7 Å².